The third-order valence-electron chi connectivity index (χ3n) is 6.11. The molecule has 1 amide bonds. The highest BCUT2D eigenvalue weighted by Gasteiger charge is 2.38. The fraction of sp³-hybridized carbons (Fsp3) is 0.571. The van der Waals surface area contributed by atoms with Crippen LogP contribution in [-0.4, -0.2) is 66.6 Å². The molecule has 0 radical (unpaired) electrons. The first-order valence-corrected chi connectivity index (χ1v) is 13.6. The lowest BCUT2D eigenvalue weighted by molar-refractivity contribution is -0.130. The van der Waals surface area contributed by atoms with Crippen molar-refractivity contribution in [2.24, 2.45) is 0 Å². The van der Waals surface area contributed by atoms with E-state index in [4.69, 9.17) is 0 Å². The fourth-order valence-electron chi connectivity index (χ4n) is 4.27. The number of nitrogens with zero attached hydrogens (tertiary/aromatic N) is 4. The van der Waals surface area contributed by atoms with E-state index in [1.807, 2.05) is 4.90 Å². The van der Waals surface area contributed by atoms with Gasteiger partial charge in [0.15, 0.2) is 9.84 Å². The van der Waals surface area contributed by atoms with Crippen LogP contribution >= 0.6 is 11.5 Å². The zero-order chi connectivity index (χ0) is 23.9. The summed E-state index contributed by atoms with van der Waals surface area (Å²) in [6.45, 7) is 6.19. The minimum absolute atomic E-state index is 0.0761. The molecule has 1 aromatic heterocycles. The zero-order valence-corrected chi connectivity index (χ0v) is 20.3. The standard InChI is InChI=1S/C21H27F2N5O3S2/c1-12(2)19-25-21(32-26-19)27-7-4-13(5-8-27)28-9-6-16(20(28)29)24-17-10-15(23)18(11-14(17)22)33(3,30)31/h10-13,16,24H,4-9H2,1-3H3/t16-/m0/s1. The number of nitrogens with one attached hydrogen (secondary N) is 1. The molecule has 0 spiro atoms. The molecule has 1 atom stereocenters. The number of carbonyl (C=O) groups is 1. The first kappa shape index (κ1) is 23.8. The first-order chi connectivity index (χ1) is 15.5. The van der Waals surface area contributed by atoms with Gasteiger partial charge in [0.1, 0.15) is 28.4 Å². The van der Waals surface area contributed by atoms with Gasteiger partial charge in [-0.05, 0) is 25.3 Å². The lowest BCUT2D eigenvalue weighted by Gasteiger charge is -2.36. The van der Waals surface area contributed by atoms with Crippen LogP contribution in [-0.2, 0) is 14.6 Å². The normalized spacial score (nSPS) is 20.2. The van der Waals surface area contributed by atoms with Gasteiger partial charge >= 0.3 is 0 Å². The topological polar surface area (TPSA) is 95.5 Å². The Kier molecular flexibility index (Phi) is 6.59. The predicted octanol–water partition coefficient (Wildman–Crippen LogP) is 3.03. The zero-order valence-electron chi connectivity index (χ0n) is 18.7. The molecule has 2 aromatic rings. The Balaban J connectivity index is 1.37. The lowest BCUT2D eigenvalue weighted by atomic mass is 10.0. The Morgan fingerprint density at radius 2 is 1.82 bits per heavy atom. The molecule has 1 N–H and O–H groups in total. The van der Waals surface area contributed by atoms with Gasteiger partial charge in [-0.2, -0.15) is 4.37 Å². The predicted molar refractivity (Wildman–Crippen MR) is 122 cm³/mol. The smallest absolute Gasteiger partial charge is 0.245 e. The molecule has 0 aliphatic carbocycles. The van der Waals surface area contributed by atoms with Crippen molar-refractivity contribution >= 4 is 38.1 Å². The van der Waals surface area contributed by atoms with Crippen molar-refractivity contribution in [2.75, 3.05) is 36.1 Å². The Morgan fingerprint density at radius 1 is 1.12 bits per heavy atom. The molecule has 12 heteroatoms. The number of piperidine rings is 1. The highest BCUT2D eigenvalue weighted by atomic mass is 32.2. The van der Waals surface area contributed by atoms with Crippen molar-refractivity contribution in [3.63, 3.8) is 0 Å². The van der Waals surface area contributed by atoms with E-state index in [0.29, 0.717) is 19.0 Å². The maximum atomic E-state index is 14.4. The molecule has 4 rings (SSSR count). The van der Waals surface area contributed by atoms with Crippen molar-refractivity contribution in [1.29, 1.82) is 0 Å². The quantitative estimate of drug-likeness (QED) is 0.653. The highest BCUT2D eigenvalue weighted by Crippen LogP contribution is 2.30. The van der Waals surface area contributed by atoms with Crippen molar-refractivity contribution in [3.05, 3.63) is 29.6 Å². The molecule has 0 bridgehead atoms. The van der Waals surface area contributed by atoms with Gasteiger partial charge in [-0.1, -0.05) is 13.8 Å². The molecule has 0 saturated carbocycles. The Labute approximate surface area is 196 Å². The number of rotatable bonds is 6. The van der Waals surface area contributed by atoms with Crippen molar-refractivity contribution in [2.45, 2.75) is 56.0 Å². The van der Waals surface area contributed by atoms with Gasteiger partial charge in [-0.15, -0.1) is 0 Å². The van der Waals surface area contributed by atoms with E-state index in [1.54, 1.807) is 0 Å². The largest absolute Gasteiger partial charge is 0.371 e. The molecule has 3 heterocycles. The molecule has 2 aliphatic rings. The SMILES string of the molecule is CC(C)c1nsc(N2CCC(N3CC[C@H](Nc4cc(F)c(S(C)(=O)=O)cc4F)C3=O)CC2)n1. The summed E-state index contributed by atoms with van der Waals surface area (Å²) in [5.41, 5.74) is -0.216. The molecular formula is C21H27F2N5O3S2. The first-order valence-electron chi connectivity index (χ1n) is 10.9. The lowest BCUT2D eigenvalue weighted by Crippen LogP contribution is -2.47. The third-order valence-corrected chi connectivity index (χ3v) is 8.02. The summed E-state index contributed by atoms with van der Waals surface area (Å²) in [4.78, 5) is 20.9. The number of likely N-dealkylation sites (tertiary alicyclic amines) is 1. The minimum atomic E-state index is -3.89. The number of hydrogen-bond acceptors (Lipinski definition) is 8. The molecular weight excluding hydrogens is 472 g/mol. The maximum Gasteiger partial charge on any atom is 0.245 e. The highest BCUT2D eigenvalue weighted by molar-refractivity contribution is 7.90. The van der Waals surface area contributed by atoms with Gasteiger partial charge in [-0.25, -0.2) is 22.2 Å². The summed E-state index contributed by atoms with van der Waals surface area (Å²) in [5.74, 6) is -0.991. The van der Waals surface area contributed by atoms with Crippen LogP contribution in [0.5, 0.6) is 0 Å². The number of carbonyl (C=O) groups excluding carboxylic acids is 1. The molecule has 180 valence electrons. The number of benzene rings is 1. The van der Waals surface area contributed by atoms with Crippen LogP contribution in [0.2, 0.25) is 0 Å². The van der Waals surface area contributed by atoms with Crippen LogP contribution in [0, 0.1) is 11.6 Å². The van der Waals surface area contributed by atoms with Crippen LogP contribution in [0.15, 0.2) is 17.0 Å². The molecule has 1 aromatic carbocycles. The number of amides is 1. The van der Waals surface area contributed by atoms with Crippen LogP contribution in [0.1, 0.15) is 44.9 Å². The Bertz CT molecular complexity index is 1150. The summed E-state index contributed by atoms with van der Waals surface area (Å²) in [6, 6.07) is 0.844. The number of halogens is 2. The van der Waals surface area contributed by atoms with E-state index >= 15 is 0 Å². The van der Waals surface area contributed by atoms with Crippen LogP contribution in [0.3, 0.4) is 0 Å². The monoisotopic (exact) mass is 499 g/mol. The molecule has 2 saturated heterocycles. The van der Waals surface area contributed by atoms with E-state index in [1.165, 1.54) is 11.5 Å². The van der Waals surface area contributed by atoms with Gasteiger partial charge in [0.05, 0.1) is 5.69 Å². The number of aromatic nitrogens is 2. The second-order valence-corrected chi connectivity index (χ2v) is 11.6. The van der Waals surface area contributed by atoms with Crippen molar-refractivity contribution in [3.8, 4) is 0 Å². The van der Waals surface area contributed by atoms with Crippen LogP contribution < -0.4 is 10.2 Å². The second kappa shape index (κ2) is 9.13. The summed E-state index contributed by atoms with van der Waals surface area (Å²) < 4.78 is 56.2. The van der Waals surface area contributed by atoms with Gasteiger partial charge in [0, 0.05) is 55.4 Å². The van der Waals surface area contributed by atoms with E-state index < -0.39 is 32.4 Å². The van der Waals surface area contributed by atoms with Crippen molar-refractivity contribution < 1.29 is 22.0 Å². The van der Waals surface area contributed by atoms with Gasteiger partial charge < -0.3 is 15.1 Å². The van der Waals surface area contributed by atoms with E-state index in [9.17, 15) is 22.0 Å². The Morgan fingerprint density at radius 3 is 2.42 bits per heavy atom. The average Bonchev–Trinajstić information content (AvgIpc) is 3.38. The number of anilines is 2. The van der Waals surface area contributed by atoms with E-state index in [2.05, 4.69) is 33.4 Å². The van der Waals surface area contributed by atoms with E-state index in [-0.39, 0.29) is 23.6 Å². The van der Waals surface area contributed by atoms with Gasteiger partial charge in [0.2, 0.25) is 11.0 Å². The molecule has 2 fully saturated rings. The molecule has 2 aliphatic heterocycles. The number of hydrogen-bond donors (Lipinski definition) is 1. The summed E-state index contributed by atoms with van der Waals surface area (Å²) in [5, 5.41) is 3.67. The van der Waals surface area contributed by atoms with Gasteiger partial charge in [-0.3, -0.25) is 4.79 Å². The molecule has 33 heavy (non-hydrogen) atoms. The van der Waals surface area contributed by atoms with E-state index in [0.717, 1.165) is 49.2 Å². The maximum absolute atomic E-state index is 14.4. The summed E-state index contributed by atoms with van der Waals surface area (Å²) >= 11 is 1.40. The summed E-state index contributed by atoms with van der Waals surface area (Å²) in [6.07, 6.45) is 2.86. The molecule has 0 unspecified atom stereocenters. The van der Waals surface area contributed by atoms with Crippen LogP contribution in [0.4, 0.5) is 19.6 Å². The Hall–Kier alpha value is -2.34. The van der Waals surface area contributed by atoms with Crippen molar-refractivity contribution in [1.82, 2.24) is 14.3 Å². The third kappa shape index (κ3) is 4.96. The van der Waals surface area contributed by atoms with Crippen LogP contribution in [0.25, 0.3) is 0 Å². The number of sulfone groups is 1. The molecule has 8 nitrogen and oxygen atoms in total. The minimum Gasteiger partial charge on any atom is -0.371 e. The second-order valence-electron chi connectivity index (χ2n) is 8.86. The summed E-state index contributed by atoms with van der Waals surface area (Å²) in [7, 11) is -3.89. The van der Waals surface area contributed by atoms with Gasteiger partial charge in [0.25, 0.3) is 0 Å². The fourth-order valence-corrected chi connectivity index (χ4v) is 5.86. The average molecular weight is 500 g/mol.